The van der Waals surface area contributed by atoms with Crippen molar-refractivity contribution in [3.05, 3.63) is 18.7 Å². The van der Waals surface area contributed by atoms with Gasteiger partial charge in [0.1, 0.15) is 12.7 Å². The van der Waals surface area contributed by atoms with E-state index in [0.717, 1.165) is 12.1 Å². The van der Waals surface area contributed by atoms with Crippen molar-refractivity contribution in [1.82, 2.24) is 19.5 Å². The number of imidazole rings is 1. The predicted octanol–water partition coefficient (Wildman–Crippen LogP) is 0.382. The first kappa shape index (κ1) is 10.2. The summed E-state index contributed by atoms with van der Waals surface area (Å²) in [7, 11) is 0. The van der Waals surface area contributed by atoms with Crippen molar-refractivity contribution in [3.63, 3.8) is 0 Å². The summed E-state index contributed by atoms with van der Waals surface area (Å²) in [5.41, 5.74) is 8.14. The van der Waals surface area contributed by atoms with Gasteiger partial charge in [-0.3, -0.25) is 4.57 Å². The molecule has 6 nitrogen and oxygen atoms in total. The van der Waals surface area contributed by atoms with Gasteiger partial charge in [0.25, 0.3) is 0 Å². The molecule has 6 heteroatoms. The molecule has 2 aromatic heterocycles. The second-order valence-corrected chi connectivity index (χ2v) is 4.37. The lowest BCUT2D eigenvalue weighted by atomic mass is 10.1. The molecule has 0 bridgehead atoms. The Morgan fingerprint density at radius 1 is 1.41 bits per heavy atom. The number of nitrogens with two attached hydrogens (primary N) is 1. The van der Waals surface area contributed by atoms with Crippen LogP contribution < -0.4 is 5.73 Å². The molecule has 0 aliphatic heterocycles. The van der Waals surface area contributed by atoms with E-state index in [1.165, 1.54) is 6.33 Å². The van der Waals surface area contributed by atoms with E-state index in [9.17, 15) is 0 Å². The molecule has 2 heterocycles. The highest BCUT2D eigenvalue weighted by Crippen LogP contribution is 2.29. The minimum absolute atomic E-state index is 0.0818. The quantitative estimate of drug-likeness (QED) is 0.719. The number of aromatic nitrogens is 4. The van der Waals surface area contributed by atoms with Gasteiger partial charge in [-0.2, -0.15) is 0 Å². The topological polar surface area (TPSA) is 92.5 Å². The fourth-order valence-corrected chi connectivity index (χ4v) is 2.14. The maximum Gasteiger partial charge on any atom is 0.169 e. The zero-order chi connectivity index (χ0) is 12.0. The first-order valence-corrected chi connectivity index (χ1v) is 5.52. The van der Waals surface area contributed by atoms with Crippen LogP contribution >= 0.6 is 0 Å². The van der Waals surface area contributed by atoms with Gasteiger partial charge in [0.05, 0.1) is 6.42 Å². The third-order valence-electron chi connectivity index (χ3n) is 3.19. The maximum atomic E-state index is 7.88. The Morgan fingerprint density at radius 2 is 2.24 bits per heavy atom. The molecule has 2 aromatic rings. The average Bonchev–Trinajstić information content (AvgIpc) is 2.85. The number of hydrogen-bond acceptors (Lipinski definition) is 4. The van der Waals surface area contributed by atoms with Crippen LogP contribution in [0, 0.1) is 5.92 Å². The third kappa shape index (κ3) is 1.49. The molecule has 1 aliphatic carbocycles. The van der Waals surface area contributed by atoms with Gasteiger partial charge in [-0.05, 0) is 0 Å². The van der Waals surface area contributed by atoms with E-state index in [2.05, 4.69) is 21.0 Å². The van der Waals surface area contributed by atoms with E-state index in [-0.39, 0.29) is 12.0 Å². The molecule has 4 N–H and O–H groups in total. The summed E-state index contributed by atoms with van der Waals surface area (Å²) in [5.74, 6) is 0.657. The molecule has 0 amide bonds. The smallest absolute Gasteiger partial charge is 0.169 e. The summed E-state index contributed by atoms with van der Waals surface area (Å²) in [6, 6.07) is 0. The van der Waals surface area contributed by atoms with Crippen LogP contribution in [0.2, 0.25) is 0 Å². The average molecular weight is 232 g/mol. The molecule has 0 spiro atoms. The molecular formula is C11H14N5O+. The van der Waals surface area contributed by atoms with Crippen LogP contribution in [0.4, 0.5) is 5.82 Å². The van der Waals surface area contributed by atoms with Gasteiger partial charge >= 0.3 is 0 Å². The zero-order valence-corrected chi connectivity index (χ0v) is 9.46. The van der Waals surface area contributed by atoms with Gasteiger partial charge in [0.15, 0.2) is 23.1 Å². The molecule has 17 heavy (non-hydrogen) atoms. The second-order valence-electron chi connectivity index (χ2n) is 4.37. The Bertz CT molecular complexity index is 603. The minimum atomic E-state index is -0.0818. The minimum Gasteiger partial charge on any atom is -0.442 e. The molecule has 3 rings (SSSR count). The van der Waals surface area contributed by atoms with E-state index in [1.807, 2.05) is 11.5 Å². The van der Waals surface area contributed by atoms with Gasteiger partial charge in [-0.25, -0.2) is 15.0 Å². The highest BCUT2D eigenvalue weighted by Gasteiger charge is 2.27. The van der Waals surface area contributed by atoms with Crippen molar-refractivity contribution >= 4 is 22.7 Å². The Kier molecular flexibility index (Phi) is 2.12. The number of rotatable bonds is 1. The van der Waals surface area contributed by atoms with Crippen LogP contribution in [-0.2, 0) is 0 Å². The Labute approximate surface area is 97.8 Å². The summed E-state index contributed by atoms with van der Waals surface area (Å²) in [4.78, 5) is 12.3. The fraction of sp³-hybridized carbons (Fsp3) is 0.364. The van der Waals surface area contributed by atoms with Crippen molar-refractivity contribution in [2.75, 3.05) is 5.73 Å². The van der Waals surface area contributed by atoms with E-state index in [4.69, 9.17) is 10.8 Å². The molecular weight excluding hydrogens is 218 g/mol. The van der Waals surface area contributed by atoms with Gasteiger partial charge < -0.3 is 10.8 Å². The van der Waals surface area contributed by atoms with Crippen LogP contribution in [-0.4, -0.2) is 30.7 Å². The van der Waals surface area contributed by atoms with Gasteiger partial charge in [0.2, 0.25) is 0 Å². The van der Waals surface area contributed by atoms with E-state index in [1.54, 1.807) is 6.33 Å². The zero-order valence-electron chi connectivity index (χ0n) is 9.46. The van der Waals surface area contributed by atoms with Crippen LogP contribution in [0.1, 0.15) is 13.3 Å². The molecule has 0 saturated carbocycles. The normalized spacial score (nSPS) is 24.2. The second kappa shape index (κ2) is 3.53. The summed E-state index contributed by atoms with van der Waals surface area (Å²) < 4.78 is 1.90. The lowest BCUT2D eigenvalue weighted by Gasteiger charge is -2.04. The summed E-state index contributed by atoms with van der Waals surface area (Å²) in [6.45, 7) is 2.05. The standard InChI is InChI=1S/C11H13N5O/c1-6-2-7(3-8(6)17)16-5-15-9-10(12)13-4-14-11(9)16/h2,4-6,8,17H,3H2,1H3,(H2,12,13,14)/p+1. The highest BCUT2D eigenvalue weighted by molar-refractivity contribution is 5.83. The van der Waals surface area contributed by atoms with Crippen LogP contribution in [0.5, 0.6) is 0 Å². The molecule has 88 valence electrons. The first-order chi connectivity index (χ1) is 8.16. The van der Waals surface area contributed by atoms with E-state index >= 15 is 0 Å². The van der Waals surface area contributed by atoms with Gasteiger partial charge in [-0.1, -0.05) is 13.0 Å². The lowest BCUT2D eigenvalue weighted by Crippen LogP contribution is -2.09. The van der Waals surface area contributed by atoms with E-state index < -0.39 is 0 Å². The lowest BCUT2D eigenvalue weighted by molar-refractivity contribution is 0.151. The summed E-state index contributed by atoms with van der Waals surface area (Å²) in [5, 5.41) is 7.88. The van der Waals surface area contributed by atoms with Crippen molar-refractivity contribution in [3.8, 4) is 0 Å². The number of nitrogen functional groups attached to an aromatic ring is 1. The van der Waals surface area contributed by atoms with Crippen molar-refractivity contribution in [1.29, 1.82) is 0 Å². The Balaban J connectivity index is 2.14. The van der Waals surface area contributed by atoms with Crippen LogP contribution in [0.3, 0.4) is 0 Å². The molecule has 2 unspecified atom stereocenters. The van der Waals surface area contributed by atoms with Gasteiger partial charge in [0, 0.05) is 11.6 Å². The predicted molar refractivity (Wildman–Crippen MR) is 65.2 cm³/mol. The van der Waals surface area contributed by atoms with Gasteiger partial charge in [-0.15, -0.1) is 0 Å². The molecule has 0 radical (unpaired) electrons. The monoisotopic (exact) mass is 232 g/mol. The molecule has 0 saturated heterocycles. The fourth-order valence-electron chi connectivity index (χ4n) is 2.14. The summed E-state index contributed by atoms with van der Waals surface area (Å²) >= 11 is 0. The van der Waals surface area contributed by atoms with Crippen molar-refractivity contribution < 1.29 is 5.11 Å². The SMILES string of the molecule is CC1C=C(n2cnc3c(N)ncnc32)CC1[OH2+]. The molecule has 0 aromatic carbocycles. The molecule has 2 atom stereocenters. The Hall–Kier alpha value is -1.95. The Morgan fingerprint density at radius 3 is 2.94 bits per heavy atom. The molecule has 1 aliphatic rings. The number of fused-ring (bicyclic) bond motifs is 1. The summed E-state index contributed by atoms with van der Waals surface area (Å²) in [6.07, 6.45) is 5.87. The van der Waals surface area contributed by atoms with E-state index in [0.29, 0.717) is 17.0 Å². The third-order valence-corrected chi connectivity index (χ3v) is 3.19. The van der Waals surface area contributed by atoms with Crippen molar-refractivity contribution in [2.45, 2.75) is 19.4 Å². The molecule has 0 fully saturated rings. The maximum absolute atomic E-state index is 7.88. The number of hydrogen-bond donors (Lipinski definition) is 1. The van der Waals surface area contributed by atoms with Crippen molar-refractivity contribution in [2.24, 2.45) is 5.92 Å². The van der Waals surface area contributed by atoms with Crippen LogP contribution in [0.25, 0.3) is 16.9 Å². The van der Waals surface area contributed by atoms with Crippen LogP contribution in [0.15, 0.2) is 18.7 Å². The first-order valence-electron chi connectivity index (χ1n) is 5.52. The highest BCUT2D eigenvalue weighted by atomic mass is 16.3. The largest absolute Gasteiger partial charge is 0.442 e. The number of nitrogens with zero attached hydrogens (tertiary/aromatic N) is 4. The number of anilines is 1.